The van der Waals surface area contributed by atoms with Crippen LogP contribution in [0.15, 0.2) is 36.4 Å². The van der Waals surface area contributed by atoms with Crippen LogP contribution in [0.2, 0.25) is 0 Å². The maximum atomic E-state index is 13.5. The molecule has 2 aromatic carbocycles. The summed E-state index contributed by atoms with van der Waals surface area (Å²) in [5.74, 6) is -2.70. The summed E-state index contributed by atoms with van der Waals surface area (Å²) in [6.07, 6.45) is -0.502. The second-order valence-electron chi connectivity index (χ2n) is 4.14. The molecule has 0 aromatic heterocycles. The molecule has 0 bridgehead atoms. The highest BCUT2D eigenvalue weighted by Gasteiger charge is 2.18. The normalized spacial score (nSPS) is 10.4. The molecule has 0 aliphatic rings. The highest BCUT2D eigenvalue weighted by atomic mass is 19.1. The molecular weight excluding hydrogens is 269 g/mol. The second-order valence-corrected chi connectivity index (χ2v) is 4.14. The molecule has 0 fully saturated rings. The molecular formula is C15H11F3O2. The van der Waals surface area contributed by atoms with Crippen molar-refractivity contribution in [3.05, 3.63) is 65.0 Å². The number of methoxy groups -OCH3 is 1. The van der Waals surface area contributed by atoms with Crippen LogP contribution in [0.4, 0.5) is 13.2 Å². The molecule has 0 aliphatic carbocycles. The van der Waals surface area contributed by atoms with E-state index in [2.05, 4.69) is 0 Å². The highest BCUT2D eigenvalue weighted by Crippen LogP contribution is 2.22. The Balaban J connectivity index is 2.35. The molecule has 2 aromatic rings. The third-order valence-electron chi connectivity index (χ3n) is 2.86. The van der Waals surface area contributed by atoms with Gasteiger partial charge in [-0.2, -0.15) is 0 Å². The largest absolute Gasteiger partial charge is 0.496 e. The Labute approximate surface area is 113 Å². The van der Waals surface area contributed by atoms with Crippen LogP contribution < -0.4 is 4.74 Å². The summed E-state index contributed by atoms with van der Waals surface area (Å²) in [5, 5.41) is 0. The smallest absolute Gasteiger partial charge is 0.171 e. The molecule has 0 heterocycles. The van der Waals surface area contributed by atoms with Gasteiger partial charge in [-0.05, 0) is 30.3 Å². The van der Waals surface area contributed by atoms with Crippen molar-refractivity contribution in [1.82, 2.24) is 0 Å². The minimum Gasteiger partial charge on any atom is -0.496 e. The molecule has 2 rings (SSSR count). The quantitative estimate of drug-likeness (QED) is 0.801. The van der Waals surface area contributed by atoms with E-state index < -0.39 is 29.7 Å². The van der Waals surface area contributed by atoms with Gasteiger partial charge in [0.05, 0.1) is 12.7 Å². The molecule has 0 N–H and O–H groups in total. The maximum Gasteiger partial charge on any atom is 0.171 e. The van der Waals surface area contributed by atoms with Gasteiger partial charge in [-0.15, -0.1) is 0 Å². The number of hydrogen-bond donors (Lipinski definition) is 0. The molecule has 0 saturated heterocycles. The van der Waals surface area contributed by atoms with E-state index in [-0.39, 0.29) is 16.9 Å². The lowest BCUT2D eigenvalue weighted by Crippen LogP contribution is -2.09. The highest BCUT2D eigenvalue weighted by molar-refractivity contribution is 6.00. The van der Waals surface area contributed by atoms with E-state index in [4.69, 9.17) is 4.74 Å². The number of Topliss-reactive ketones (excluding diaryl/α,β-unsaturated/α-hetero) is 1. The molecule has 5 heteroatoms. The van der Waals surface area contributed by atoms with Gasteiger partial charge in [-0.25, -0.2) is 13.2 Å². The first-order valence-corrected chi connectivity index (χ1v) is 5.82. The second kappa shape index (κ2) is 5.77. The summed E-state index contributed by atoms with van der Waals surface area (Å²) in [4.78, 5) is 12.1. The van der Waals surface area contributed by atoms with Gasteiger partial charge >= 0.3 is 0 Å². The number of ether oxygens (including phenoxy) is 1. The van der Waals surface area contributed by atoms with Gasteiger partial charge in [0.15, 0.2) is 5.78 Å². The van der Waals surface area contributed by atoms with E-state index in [1.165, 1.54) is 19.2 Å². The Hall–Kier alpha value is -2.30. The molecule has 0 amide bonds. The number of hydrogen-bond acceptors (Lipinski definition) is 2. The van der Waals surface area contributed by atoms with Crippen LogP contribution in [0.1, 0.15) is 15.9 Å². The molecule has 2 nitrogen and oxygen atoms in total. The molecule has 0 saturated carbocycles. The first-order valence-electron chi connectivity index (χ1n) is 5.82. The van der Waals surface area contributed by atoms with Crippen LogP contribution >= 0.6 is 0 Å². The van der Waals surface area contributed by atoms with E-state index in [0.717, 1.165) is 24.3 Å². The van der Waals surface area contributed by atoms with E-state index in [1.807, 2.05) is 0 Å². The molecule has 0 radical (unpaired) electrons. The molecule has 0 aliphatic heterocycles. The fourth-order valence-corrected chi connectivity index (χ4v) is 1.86. The zero-order valence-electron chi connectivity index (χ0n) is 10.6. The molecule has 0 spiro atoms. The topological polar surface area (TPSA) is 26.3 Å². The Morgan fingerprint density at radius 2 is 1.75 bits per heavy atom. The van der Waals surface area contributed by atoms with Crippen molar-refractivity contribution in [2.45, 2.75) is 6.42 Å². The summed E-state index contributed by atoms with van der Waals surface area (Å²) in [6, 6.07) is 6.75. The van der Waals surface area contributed by atoms with Gasteiger partial charge in [0.1, 0.15) is 23.2 Å². The van der Waals surface area contributed by atoms with Crippen LogP contribution in [0, 0.1) is 17.5 Å². The number of rotatable bonds is 4. The van der Waals surface area contributed by atoms with Gasteiger partial charge in [0, 0.05) is 12.0 Å². The van der Waals surface area contributed by atoms with Gasteiger partial charge < -0.3 is 4.74 Å². The van der Waals surface area contributed by atoms with Crippen molar-refractivity contribution in [3.8, 4) is 5.75 Å². The Morgan fingerprint density at radius 3 is 2.35 bits per heavy atom. The van der Waals surface area contributed by atoms with E-state index in [0.29, 0.717) is 0 Å². The zero-order chi connectivity index (χ0) is 14.7. The maximum absolute atomic E-state index is 13.5. The van der Waals surface area contributed by atoms with Gasteiger partial charge in [0.2, 0.25) is 0 Å². The Bertz CT molecular complexity index is 633. The van der Waals surface area contributed by atoms with Crippen molar-refractivity contribution in [2.75, 3.05) is 7.11 Å². The van der Waals surface area contributed by atoms with Gasteiger partial charge in [0.25, 0.3) is 0 Å². The number of benzene rings is 2. The summed E-state index contributed by atoms with van der Waals surface area (Å²) >= 11 is 0. The molecule has 0 unspecified atom stereocenters. The van der Waals surface area contributed by atoms with E-state index in [1.54, 1.807) is 0 Å². The van der Waals surface area contributed by atoms with E-state index >= 15 is 0 Å². The number of carbonyl (C=O) groups excluding carboxylic acids is 1. The minimum atomic E-state index is -0.811. The fraction of sp³-hybridized carbons (Fsp3) is 0.133. The van der Waals surface area contributed by atoms with Crippen molar-refractivity contribution in [1.29, 1.82) is 0 Å². The minimum absolute atomic E-state index is 0.0462. The SMILES string of the molecule is COc1ccc(F)cc1C(=O)Cc1c(F)cccc1F. The predicted octanol–water partition coefficient (Wildman–Crippen LogP) is 3.54. The monoisotopic (exact) mass is 280 g/mol. The lowest BCUT2D eigenvalue weighted by atomic mass is 10.0. The van der Waals surface area contributed by atoms with Gasteiger partial charge in [-0.1, -0.05) is 6.07 Å². The van der Waals surface area contributed by atoms with Crippen molar-refractivity contribution < 1.29 is 22.7 Å². The predicted molar refractivity (Wildman–Crippen MR) is 67.3 cm³/mol. The van der Waals surface area contributed by atoms with Crippen LogP contribution in [0.3, 0.4) is 0 Å². The van der Waals surface area contributed by atoms with Crippen molar-refractivity contribution in [3.63, 3.8) is 0 Å². The Morgan fingerprint density at radius 1 is 1.10 bits per heavy atom. The van der Waals surface area contributed by atoms with Crippen LogP contribution in [-0.2, 0) is 6.42 Å². The third kappa shape index (κ3) is 2.82. The average molecular weight is 280 g/mol. The summed E-state index contributed by atoms with van der Waals surface area (Å²) < 4.78 is 45.1. The Kier molecular flexibility index (Phi) is 4.08. The standard InChI is InChI=1S/C15H11F3O2/c1-20-15-6-5-9(16)7-11(15)14(19)8-10-12(17)3-2-4-13(10)18/h2-7H,8H2,1H3. The zero-order valence-corrected chi connectivity index (χ0v) is 10.6. The van der Waals surface area contributed by atoms with E-state index in [9.17, 15) is 18.0 Å². The molecule has 0 atom stereocenters. The lowest BCUT2D eigenvalue weighted by molar-refractivity contribution is 0.0987. The molecule has 104 valence electrons. The average Bonchev–Trinajstić information content (AvgIpc) is 2.43. The van der Waals surface area contributed by atoms with Crippen LogP contribution in [0.5, 0.6) is 5.75 Å². The van der Waals surface area contributed by atoms with Gasteiger partial charge in [-0.3, -0.25) is 4.79 Å². The number of ketones is 1. The van der Waals surface area contributed by atoms with Crippen molar-refractivity contribution >= 4 is 5.78 Å². The first kappa shape index (κ1) is 14.1. The van der Waals surface area contributed by atoms with Crippen LogP contribution in [-0.4, -0.2) is 12.9 Å². The number of carbonyl (C=O) groups is 1. The first-order chi connectivity index (χ1) is 9.52. The lowest BCUT2D eigenvalue weighted by Gasteiger charge is -2.08. The fourth-order valence-electron chi connectivity index (χ4n) is 1.86. The molecule has 20 heavy (non-hydrogen) atoms. The van der Waals surface area contributed by atoms with Crippen LogP contribution in [0.25, 0.3) is 0 Å². The summed E-state index contributed by atoms with van der Waals surface area (Å²) in [6.45, 7) is 0. The van der Waals surface area contributed by atoms with Crippen molar-refractivity contribution in [2.24, 2.45) is 0 Å². The summed E-state index contributed by atoms with van der Waals surface area (Å²) in [7, 11) is 1.33. The third-order valence-corrected chi connectivity index (χ3v) is 2.86. The number of halogens is 3. The summed E-state index contributed by atoms with van der Waals surface area (Å²) in [5.41, 5.74) is -0.390.